The number of amides is 1. The van der Waals surface area contributed by atoms with Gasteiger partial charge in [0.1, 0.15) is 5.75 Å². The summed E-state index contributed by atoms with van der Waals surface area (Å²) in [7, 11) is 1.58. The minimum Gasteiger partial charge on any atom is -0.493 e. The Balaban J connectivity index is 1.48. The zero-order valence-corrected chi connectivity index (χ0v) is 18.5. The molecule has 0 saturated heterocycles. The first-order valence-corrected chi connectivity index (χ1v) is 10.3. The van der Waals surface area contributed by atoms with Gasteiger partial charge in [0.15, 0.2) is 11.5 Å². The summed E-state index contributed by atoms with van der Waals surface area (Å²) in [4.78, 5) is 15.9. The summed E-state index contributed by atoms with van der Waals surface area (Å²) < 4.78 is 17.1. The summed E-state index contributed by atoms with van der Waals surface area (Å²) in [6.45, 7) is 5.14. The molecule has 2 aromatic carbocycles. The number of rotatable bonds is 10. The number of carbonyl (C=O) groups excluding carboxylic acids is 1. The van der Waals surface area contributed by atoms with E-state index in [1.807, 2.05) is 32.0 Å². The second-order valence-corrected chi connectivity index (χ2v) is 7.16. The topological polar surface area (TPSA) is 82.0 Å². The van der Waals surface area contributed by atoms with Crippen LogP contribution >= 0.6 is 0 Å². The Morgan fingerprint density at radius 2 is 1.72 bits per heavy atom. The van der Waals surface area contributed by atoms with Crippen LogP contribution in [-0.2, 0) is 0 Å². The zero-order valence-electron chi connectivity index (χ0n) is 18.5. The van der Waals surface area contributed by atoms with Crippen molar-refractivity contribution in [1.82, 2.24) is 10.4 Å². The first-order valence-electron chi connectivity index (χ1n) is 10.3. The van der Waals surface area contributed by atoms with Gasteiger partial charge in [0, 0.05) is 24.4 Å². The van der Waals surface area contributed by atoms with Gasteiger partial charge in [-0.15, -0.1) is 0 Å². The lowest BCUT2D eigenvalue weighted by atomic mass is 10.1. The third-order valence-electron chi connectivity index (χ3n) is 4.66. The molecule has 32 heavy (non-hydrogen) atoms. The molecule has 0 fully saturated rings. The van der Waals surface area contributed by atoms with E-state index in [-0.39, 0.29) is 5.91 Å². The minimum absolute atomic E-state index is 0.307. The van der Waals surface area contributed by atoms with Crippen LogP contribution in [0.4, 0.5) is 0 Å². The molecule has 0 aliphatic rings. The molecule has 1 heterocycles. The number of hydrogen-bond acceptors (Lipinski definition) is 6. The van der Waals surface area contributed by atoms with Gasteiger partial charge >= 0.3 is 0 Å². The molecule has 0 saturated carbocycles. The van der Waals surface area contributed by atoms with Crippen molar-refractivity contribution < 1.29 is 19.0 Å². The summed E-state index contributed by atoms with van der Waals surface area (Å²) in [6, 6.07) is 14.9. The predicted octanol–water partition coefficient (Wildman–Crippen LogP) is 4.32. The van der Waals surface area contributed by atoms with Crippen LogP contribution in [0, 0.1) is 13.8 Å². The average molecular weight is 434 g/mol. The van der Waals surface area contributed by atoms with Gasteiger partial charge in [-0.25, -0.2) is 5.43 Å². The van der Waals surface area contributed by atoms with Gasteiger partial charge in [-0.2, -0.15) is 5.10 Å². The molecule has 3 rings (SSSR count). The van der Waals surface area contributed by atoms with Gasteiger partial charge in [-0.3, -0.25) is 9.78 Å². The van der Waals surface area contributed by atoms with E-state index in [0.29, 0.717) is 30.3 Å². The molecule has 7 nitrogen and oxygen atoms in total. The van der Waals surface area contributed by atoms with E-state index >= 15 is 0 Å². The quantitative estimate of drug-likeness (QED) is 0.293. The van der Waals surface area contributed by atoms with Crippen molar-refractivity contribution in [2.24, 2.45) is 5.10 Å². The molecule has 1 N–H and O–H groups in total. The fourth-order valence-electron chi connectivity index (χ4n) is 2.90. The van der Waals surface area contributed by atoms with E-state index < -0.39 is 0 Å². The lowest BCUT2D eigenvalue weighted by molar-refractivity contribution is 0.0955. The summed E-state index contributed by atoms with van der Waals surface area (Å²) in [5.41, 5.74) is 6.03. The summed E-state index contributed by atoms with van der Waals surface area (Å²) >= 11 is 0. The molecule has 3 aromatic rings. The third kappa shape index (κ3) is 6.57. The van der Waals surface area contributed by atoms with Crippen molar-refractivity contribution in [3.05, 3.63) is 83.2 Å². The Morgan fingerprint density at radius 1 is 0.969 bits per heavy atom. The summed E-state index contributed by atoms with van der Waals surface area (Å²) in [5.74, 6) is 1.82. The molecular weight excluding hydrogens is 406 g/mol. The van der Waals surface area contributed by atoms with Gasteiger partial charge in [0.05, 0.1) is 26.5 Å². The van der Waals surface area contributed by atoms with Crippen LogP contribution < -0.4 is 19.6 Å². The monoisotopic (exact) mass is 433 g/mol. The molecule has 1 amide bonds. The number of aryl methyl sites for hydroxylation is 2. The average Bonchev–Trinajstić information content (AvgIpc) is 2.82. The molecule has 0 atom stereocenters. The molecule has 0 bridgehead atoms. The Bertz CT molecular complexity index is 1070. The number of carbonyl (C=O) groups is 1. The molecule has 0 aliphatic carbocycles. The van der Waals surface area contributed by atoms with Crippen LogP contribution in [-0.4, -0.2) is 37.4 Å². The number of ether oxygens (including phenoxy) is 3. The molecule has 0 spiro atoms. The van der Waals surface area contributed by atoms with E-state index in [2.05, 4.69) is 27.6 Å². The highest BCUT2D eigenvalue weighted by molar-refractivity contribution is 5.94. The van der Waals surface area contributed by atoms with E-state index in [4.69, 9.17) is 14.2 Å². The van der Waals surface area contributed by atoms with Crippen molar-refractivity contribution in [2.45, 2.75) is 20.3 Å². The van der Waals surface area contributed by atoms with Gasteiger partial charge in [-0.05, 0) is 66.9 Å². The van der Waals surface area contributed by atoms with Gasteiger partial charge in [-0.1, -0.05) is 12.1 Å². The fourth-order valence-corrected chi connectivity index (χ4v) is 2.90. The highest BCUT2D eigenvalue weighted by atomic mass is 16.5. The van der Waals surface area contributed by atoms with E-state index in [1.54, 1.807) is 43.9 Å². The molecule has 0 radical (unpaired) electrons. The van der Waals surface area contributed by atoms with E-state index in [0.717, 1.165) is 23.3 Å². The lowest BCUT2D eigenvalue weighted by Crippen LogP contribution is -2.17. The second kappa shape index (κ2) is 11.5. The standard InChI is InChI=1S/C25H27N3O4/c1-18-5-6-19(2)23(15-18)32-14-4-13-31-22-8-7-20(16-24(22)30-3)17-27-28-25(29)21-9-11-26-12-10-21/h5-12,15-17H,4,13-14H2,1-3H3,(H,28,29)/b27-17-. The number of hydrazone groups is 1. The number of pyridine rings is 1. The Kier molecular flexibility index (Phi) is 8.20. The third-order valence-corrected chi connectivity index (χ3v) is 4.66. The number of hydrogen-bond donors (Lipinski definition) is 1. The van der Waals surface area contributed by atoms with Crippen LogP contribution in [0.1, 0.15) is 33.5 Å². The van der Waals surface area contributed by atoms with Crippen molar-refractivity contribution >= 4 is 12.1 Å². The first-order chi connectivity index (χ1) is 15.6. The molecule has 166 valence electrons. The zero-order chi connectivity index (χ0) is 22.8. The Morgan fingerprint density at radius 3 is 2.47 bits per heavy atom. The van der Waals surface area contributed by atoms with Crippen molar-refractivity contribution in [3.8, 4) is 17.2 Å². The smallest absolute Gasteiger partial charge is 0.271 e. The van der Waals surface area contributed by atoms with Crippen LogP contribution in [0.5, 0.6) is 17.2 Å². The van der Waals surface area contributed by atoms with Crippen LogP contribution in [0.2, 0.25) is 0 Å². The highest BCUT2D eigenvalue weighted by Crippen LogP contribution is 2.27. The normalized spacial score (nSPS) is 10.7. The molecular formula is C25H27N3O4. The lowest BCUT2D eigenvalue weighted by Gasteiger charge is -2.12. The summed E-state index contributed by atoms with van der Waals surface area (Å²) in [6.07, 6.45) is 5.39. The van der Waals surface area contributed by atoms with Gasteiger partial charge in [0.25, 0.3) is 5.91 Å². The largest absolute Gasteiger partial charge is 0.493 e. The summed E-state index contributed by atoms with van der Waals surface area (Å²) in [5, 5.41) is 3.99. The van der Waals surface area contributed by atoms with Crippen LogP contribution in [0.3, 0.4) is 0 Å². The van der Waals surface area contributed by atoms with Gasteiger partial charge < -0.3 is 14.2 Å². The number of benzene rings is 2. The van der Waals surface area contributed by atoms with E-state index in [9.17, 15) is 4.79 Å². The van der Waals surface area contributed by atoms with Crippen molar-refractivity contribution in [1.29, 1.82) is 0 Å². The maximum absolute atomic E-state index is 12.0. The van der Waals surface area contributed by atoms with E-state index in [1.165, 1.54) is 5.56 Å². The van der Waals surface area contributed by atoms with Crippen LogP contribution in [0.25, 0.3) is 0 Å². The van der Waals surface area contributed by atoms with Crippen molar-refractivity contribution in [3.63, 3.8) is 0 Å². The van der Waals surface area contributed by atoms with Gasteiger partial charge in [0.2, 0.25) is 0 Å². The Labute approximate surface area is 188 Å². The van der Waals surface area contributed by atoms with Crippen LogP contribution in [0.15, 0.2) is 66.0 Å². The van der Waals surface area contributed by atoms with Crippen molar-refractivity contribution in [2.75, 3.05) is 20.3 Å². The molecule has 7 heteroatoms. The SMILES string of the molecule is COc1cc(/C=N\NC(=O)c2ccncc2)ccc1OCCCOc1cc(C)ccc1C. The molecule has 0 aliphatic heterocycles. The Hall–Kier alpha value is -3.87. The number of nitrogens with one attached hydrogen (secondary N) is 1. The first kappa shape index (κ1) is 22.8. The number of nitrogens with zero attached hydrogens (tertiary/aromatic N) is 2. The maximum Gasteiger partial charge on any atom is 0.271 e. The molecule has 1 aromatic heterocycles. The number of aromatic nitrogens is 1. The molecule has 0 unspecified atom stereocenters. The predicted molar refractivity (Wildman–Crippen MR) is 124 cm³/mol. The maximum atomic E-state index is 12.0. The highest BCUT2D eigenvalue weighted by Gasteiger charge is 2.07. The second-order valence-electron chi connectivity index (χ2n) is 7.16. The number of methoxy groups -OCH3 is 1. The minimum atomic E-state index is -0.307. The fraction of sp³-hybridized carbons (Fsp3) is 0.240.